The van der Waals surface area contributed by atoms with E-state index in [2.05, 4.69) is 10.4 Å². The first-order valence-electron chi connectivity index (χ1n) is 8.95. The molecule has 0 atom stereocenters. The van der Waals surface area contributed by atoms with Crippen LogP contribution in [0, 0.1) is 0 Å². The summed E-state index contributed by atoms with van der Waals surface area (Å²) in [5, 5.41) is 7.11. The number of carbonyl (C=O) groups excluding carboxylic acids is 2. The molecule has 4 aromatic rings. The number of hydrogen-bond acceptors (Lipinski definition) is 4. The summed E-state index contributed by atoms with van der Waals surface area (Å²) in [6.07, 6.45) is 4.74. The molecule has 0 aliphatic carbocycles. The molecule has 0 saturated carbocycles. The van der Waals surface area contributed by atoms with Crippen LogP contribution in [0.5, 0.6) is 0 Å². The molecule has 2 amide bonds. The lowest BCUT2D eigenvalue weighted by Gasteiger charge is -2.19. The maximum atomic E-state index is 12.9. The molecular formula is C22H18N4O3. The molecule has 2 aromatic heterocycles. The molecule has 0 unspecified atom stereocenters. The van der Waals surface area contributed by atoms with Gasteiger partial charge in [0.1, 0.15) is 0 Å². The molecule has 0 saturated heterocycles. The molecular weight excluding hydrogens is 368 g/mol. The Kier molecular flexibility index (Phi) is 4.94. The predicted molar refractivity (Wildman–Crippen MR) is 109 cm³/mol. The average molecular weight is 386 g/mol. The standard InChI is InChI=1S/C22H18N4O3/c1-25(22(28)20-12-7-13-29-20)19-11-6-5-10-18(19)21(27)24-16-14-23-26(15-16)17-8-3-2-4-9-17/h2-15H,1H3,(H,24,27). The molecule has 29 heavy (non-hydrogen) atoms. The maximum absolute atomic E-state index is 12.9. The second kappa shape index (κ2) is 7.85. The molecule has 0 fully saturated rings. The second-order valence-corrected chi connectivity index (χ2v) is 6.32. The van der Waals surface area contributed by atoms with E-state index in [9.17, 15) is 9.59 Å². The number of carbonyl (C=O) groups is 2. The van der Waals surface area contributed by atoms with Crippen molar-refractivity contribution in [2.75, 3.05) is 17.3 Å². The number of anilines is 2. The van der Waals surface area contributed by atoms with E-state index in [1.54, 1.807) is 60.5 Å². The van der Waals surface area contributed by atoms with Crippen molar-refractivity contribution < 1.29 is 14.0 Å². The Balaban J connectivity index is 1.56. The van der Waals surface area contributed by atoms with E-state index in [1.807, 2.05) is 30.3 Å². The van der Waals surface area contributed by atoms with Gasteiger partial charge < -0.3 is 14.6 Å². The lowest BCUT2D eigenvalue weighted by atomic mass is 10.1. The quantitative estimate of drug-likeness (QED) is 0.562. The van der Waals surface area contributed by atoms with Crippen LogP contribution in [0.4, 0.5) is 11.4 Å². The molecule has 2 heterocycles. The Morgan fingerprint density at radius 2 is 1.76 bits per heavy atom. The Hall–Kier alpha value is -4.13. The van der Waals surface area contributed by atoms with E-state index < -0.39 is 0 Å². The van der Waals surface area contributed by atoms with Gasteiger partial charge in [-0.05, 0) is 36.4 Å². The van der Waals surface area contributed by atoms with Crippen LogP contribution in [0.1, 0.15) is 20.9 Å². The maximum Gasteiger partial charge on any atom is 0.293 e. The Bertz CT molecular complexity index is 1130. The summed E-state index contributed by atoms with van der Waals surface area (Å²) >= 11 is 0. The number of nitrogens with one attached hydrogen (secondary N) is 1. The van der Waals surface area contributed by atoms with E-state index in [4.69, 9.17) is 4.42 Å². The zero-order valence-electron chi connectivity index (χ0n) is 15.6. The fourth-order valence-corrected chi connectivity index (χ4v) is 2.94. The first-order valence-corrected chi connectivity index (χ1v) is 8.95. The smallest absolute Gasteiger partial charge is 0.293 e. The summed E-state index contributed by atoms with van der Waals surface area (Å²) in [5.41, 5.74) is 2.27. The highest BCUT2D eigenvalue weighted by Gasteiger charge is 2.21. The third-order valence-electron chi connectivity index (χ3n) is 4.41. The van der Waals surface area contributed by atoms with Crippen LogP contribution in [0.2, 0.25) is 0 Å². The predicted octanol–water partition coefficient (Wildman–Crippen LogP) is 3.99. The number of benzene rings is 2. The Morgan fingerprint density at radius 3 is 2.52 bits per heavy atom. The Labute approximate surface area is 167 Å². The number of hydrogen-bond donors (Lipinski definition) is 1. The molecule has 4 rings (SSSR count). The van der Waals surface area contributed by atoms with Crippen LogP contribution >= 0.6 is 0 Å². The number of amides is 2. The number of para-hydroxylation sites is 2. The van der Waals surface area contributed by atoms with Crippen LogP contribution in [0.15, 0.2) is 89.8 Å². The minimum absolute atomic E-state index is 0.201. The molecule has 0 aliphatic rings. The van der Waals surface area contributed by atoms with E-state index in [0.717, 1.165) is 5.69 Å². The van der Waals surface area contributed by atoms with Gasteiger partial charge >= 0.3 is 0 Å². The van der Waals surface area contributed by atoms with Crippen molar-refractivity contribution >= 4 is 23.2 Å². The lowest BCUT2D eigenvalue weighted by Crippen LogP contribution is -2.28. The topological polar surface area (TPSA) is 80.4 Å². The number of furan rings is 1. The van der Waals surface area contributed by atoms with E-state index >= 15 is 0 Å². The number of nitrogens with zero attached hydrogens (tertiary/aromatic N) is 3. The van der Waals surface area contributed by atoms with Gasteiger partial charge in [0.15, 0.2) is 5.76 Å². The van der Waals surface area contributed by atoms with Crippen LogP contribution in [0.3, 0.4) is 0 Å². The van der Waals surface area contributed by atoms with Crippen molar-refractivity contribution in [1.29, 1.82) is 0 Å². The van der Waals surface area contributed by atoms with Crippen molar-refractivity contribution in [2.45, 2.75) is 0 Å². The number of rotatable bonds is 5. The highest BCUT2D eigenvalue weighted by Crippen LogP contribution is 2.23. The first kappa shape index (κ1) is 18.2. The number of aromatic nitrogens is 2. The van der Waals surface area contributed by atoms with Gasteiger partial charge in [0.25, 0.3) is 11.8 Å². The van der Waals surface area contributed by atoms with Gasteiger partial charge in [-0.2, -0.15) is 5.10 Å². The highest BCUT2D eigenvalue weighted by molar-refractivity contribution is 6.12. The molecule has 0 spiro atoms. The minimum atomic E-state index is -0.341. The van der Waals surface area contributed by atoms with Gasteiger partial charge in [0.2, 0.25) is 0 Å². The van der Waals surface area contributed by atoms with Crippen molar-refractivity contribution in [1.82, 2.24) is 9.78 Å². The second-order valence-electron chi connectivity index (χ2n) is 6.32. The molecule has 144 valence electrons. The van der Waals surface area contributed by atoms with Crippen molar-refractivity contribution in [2.24, 2.45) is 0 Å². The van der Waals surface area contributed by atoms with Gasteiger partial charge in [0.05, 0.1) is 41.3 Å². The van der Waals surface area contributed by atoms with Crippen LogP contribution in [-0.2, 0) is 0 Å². The van der Waals surface area contributed by atoms with Crippen LogP contribution < -0.4 is 10.2 Å². The van der Waals surface area contributed by atoms with Crippen molar-refractivity contribution in [3.8, 4) is 5.69 Å². The van der Waals surface area contributed by atoms with E-state index in [0.29, 0.717) is 16.9 Å². The molecule has 2 aromatic carbocycles. The largest absolute Gasteiger partial charge is 0.459 e. The van der Waals surface area contributed by atoms with Gasteiger partial charge in [-0.3, -0.25) is 9.59 Å². The fraction of sp³-hybridized carbons (Fsp3) is 0.0455. The van der Waals surface area contributed by atoms with Gasteiger partial charge in [-0.25, -0.2) is 4.68 Å². The van der Waals surface area contributed by atoms with E-state index in [-0.39, 0.29) is 17.6 Å². The molecule has 0 radical (unpaired) electrons. The van der Waals surface area contributed by atoms with Gasteiger partial charge in [0, 0.05) is 7.05 Å². The van der Waals surface area contributed by atoms with Crippen LogP contribution in [-0.4, -0.2) is 28.6 Å². The normalized spacial score (nSPS) is 10.5. The summed E-state index contributed by atoms with van der Waals surface area (Å²) < 4.78 is 6.85. The third-order valence-corrected chi connectivity index (χ3v) is 4.41. The molecule has 0 aliphatic heterocycles. The van der Waals surface area contributed by atoms with Crippen molar-refractivity contribution in [3.63, 3.8) is 0 Å². The van der Waals surface area contributed by atoms with Crippen molar-refractivity contribution in [3.05, 3.63) is 96.7 Å². The van der Waals surface area contributed by atoms with E-state index in [1.165, 1.54) is 11.2 Å². The zero-order chi connectivity index (χ0) is 20.2. The first-order chi connectivity index (χ1) is 14.1. The summed E-state index contributed by atoms with van der Waals surface area (Å²) in [4.78, 5) is 26.9. The van der Waals surface area contributed by atoms with Gasteiger partial charge in [-0.1, -0.05) is 30.3 Å². The molecule has 7 nitrogen and oxygen atoms in total. The highest BCUT2D eigenvalue weighted by atomic mass is 16.3. The lowest BCUT2D eigenvalue weighted by molar-refractivity contribution is 0.0966. The Morgan fingerprint density at radius 1 is 1.00 bits per heavy atom. The van der Waals surface area contributed by atoms with Gasteiger partial charge in [-0.15, -0.1) is 0 Å². The third kappa shape index (κ3) is 3.79. The summed E-state index contributed by atoms with van der Waals surface area (Å²) in [5.74, 6) is -0.480. The summed E-state index contributed by atoms with van der Waals surface area (Å²) in [6.45, 7) is 0. The fourth-order valence-electron chi connectivity index (χ4n) is 2.94. The average Bonchev–Trinajstić information content (AvgIpc) is 3.46. The summed E-state index contributed by atoms with van der Waals surface area (Å²) in [7, 11) is 1.60. The monoisotopic (exact) mass is 386 g/mol. The molecule has 0 bridgehead atoms. The SMILES string of the molecule is CN(C(=O)c1ccco1)c1ccccc1C(=O)Nc1cnn(-c2ccccc2)c1. The molecule has 7 heteroatoms. The van der Waals surface area contributed by atoms with Crippen LogP contribution in [0.25, 0.3) is 5.69 Å². The summed E-state index contributed by atoms with van der Waals surface area (Å²) in [6, 6.07) is 19.7. The minimum Gasteiger partial charge on any atom is -0.459 e. The zero-order valence-corrected chi connectivity index (χ0v) is 15.6. The molecule has 1 N–H and O–H groups in total.